The summed E-state index contributed by atoms with van der Waals surface area (Å²) < 4.78 is 36.5. The summed E-state index contributed by atoms with van der Waals surface area (Å²) in [6.45, 7) is 9.00. The summed E-state index contributed by atoms with van der Waals surface area (Å²) in [5.74, 6) is -2.44. The van der Waals surface area contributed by atoms with E-state index in [4.69, 9.17) is 10.5 Å². The number of fused-ring (bicyclic) bond motifs is 1. The van der Waals surface area contributed by atoms with Crippen LogP contribution in [0.3, 0.4) is 0 Å². The maximum absolute atomic E-state index is 15.2. The number of carbonyl (C=O) groups is 1. The van der Waals surface area contributed by atoms with Crippen molar-refractivity contribution < 1.29 is 18.3 Å². The van der Waals surface area contributed by atoms with Crippen LogP contribution in [0.1, 0.15) is 58.2 Å². The molecule has 0 spiro atoms. The third kappa shape index (κ3) is 5.57. The summed E-state index contributed by atoms with van der Waals surface area (Å²) in [7, 11) is 0. The predicted molar refractivity (Wildman–Crippen MR) is 144 cm³/mol. The molecular formula is C28H29F2N5O4. The lowest BCUT2D eigenvalue weighted by Crippen LogP contribution is -2.32. The Hall–Kier alpha value is -4.41. The first-order chi connectivity index (χ1) is 18.3. The van der Waals surface area contributed by atoms with Gasteiger partial charge in [0, 0.05) is 18.3 Å². The van der Waals surface area contributed by atoms with Gasteiger partial charge in [-0.15, -0.1) is 0 Å². The number of ether oxygens (including phenoxy) is 1. The molecule has 4 aromatic rings. The maximum Gasteiger partial charge on any atom is 0.334 e. The normalized spacial score (nSPS) is 11.8. The lowest BCUT2D eigenvalue weighted by Gasteiger charge is -2.21. The molecule has 0 aliphatic rings. The smallest absolute Gasteiger partial charge is 0.334 e. The Bertz CT molecular complexity index is 1680. The van der Waals surface area contributed by atoms with Crippen molar-refractivity contribution in [2.45, 2.75) is 59.0 Å². The number of benzene rings is 1. The van der Waals surface area contributed by atoms with Crippen LogP contribution < -0.4 is 17.0 Å². The van der Waals surface area contributed by atoms with Crippen LogP contribution in [0.4, 0.5) is 14.5 Å². The molecule has 204 valence electrons. The van der Waals surface area contributed by atoms with E-state index in [0.717, 1.165) is 16.7 Å². The van der Waals surface area contributed by atoms with Crippen LogP contribution >= 0.6 is 0 Å². The predicted octanol–water partition coefficient (Wildman–Crippen LogP) is 4.39. The number of esters is 1. The van der Waals surface area contributed by atoms with E-state index in [9.17, 15) is 18.8 Å². The molecule has 0 saturated carbocycles. The number of carbonyl (C=O) groups excluding carboxylic acids is 1. The molecule has 11 heteroatoms. The number of H-pyrrole nitrogens is 1. The number of aryl methyl sites for hydroxylation is 1. The van der Waals surface area contributed by atoms with Crippen molar-refractivity contribution in [3.63, 3.8) is 0 Å². The zero-order chi connectivity index (χ0) is 28.6. The number of nitrogen functional groups attached to an aromatic ring is 1. The van der Waals surface area contributed by atoms with Gasteiger partial charge in [0.25, 0.3) is 5.56 Å². The minimum Gasteiger partial charge on any atom is -0.460 e. The van der Waals surface area contributed by atoms with Crippen LogP contribution in [0.2, 0.25) is 0 Å². The van der Waals surface area contributed by atoms with Crippen LogP contribution in [0.25, 0.3) is 28.0 Å². The van der Waals surface area contributed by atoms with E-state index < -0.39 is 40.1 Å². The van der Waals surface area contributed by atoms with Crippen molar-refractivity contribution in [2.75, 3.05) is 5.73 Å². The largest absolute Gasteiger partial charge is 0.460 e. The van der Waals surface area contributed by atoms with Gasteiger partial charge in [0.2, 0.25) is 0 Å². The van der Waals surface area contributed by atoms with E-state index in [-0.39, 0.29) is 46.7 Å². The lowest BCUT2D eigenvalue weighted by molar-refractivity contribution is -0.154. The lowest BCUT2D eigenvalue weighted by atomic mass is 10.0. The molecule has 0 amide bonds. The second-order valence-electron chi connectivity index (χ2n) is 10.4. The number of rotatable bonds is 6. The van der Waals surface area contributed by atoms with Crippen molar-refractivity contribution in [3.8, 4) is 16.9 Å². The number of aromatic amines is 1. The van der Waals surface area contributed by atoms with E-state index in [0.29, 0.717) is 11.3 Å². The van der Waals surface area contributed by atoms with Crippen LogP contribution in [0.5, 0.6) is 0 Å². The highest BCUT2D eigenvalue weighted by Crippen LogP contribution is 2.32. The maximum atomic E-state index is 15.2. The average molecular weight is 538 g/mol. The minimum absolute atomic E-state index is 0.000915. The molecule has 3 heterocycles. The number of anilines is 1. The van der Waals surface area contributed by atoms with Gasteiger partial charge in [-0.3, -0.25) is 19.6 Å². The number of aromatic nitrogens is 4. The Morgan fingerprint density at radius 3 is 2.51 bits per heavy atom. The van der Waals surface area contributed by atoms with Crippen LogP contribution in [0, 0.1) is 11.6 Å². The van der Waals surface area contributed by atoms with Gasteiger partial charge in [-0.2, -0.15) is 0 Å². The molecule has 4 rings (SSSR count). The van der Waals surface area contributed by atoms with Crippen molar-refractivity contribution in [3.05, 3.63) is 80.3 Å². The summed E-state index contributed by atoms with van der Waals surface area (Å²) in [6.07, 6.45) is 1.73. The van der Waals surface area contributed by atoms with Gasteiger partial charge < -0.3 is 10.5 Å². The third-order valence-electron chi connectivity index (χ3n) is 5.94. The van der Waals surface area contributed by atoms with E-state index in [2.05, 4.69) is 15.0 Å². The molecule has 0 aliphatic heterocycles. The first-order valence-corrected chi connectivity index (χ1v) is 12.4. The summed E-state index contributed by atoms with van der Waals surface area (Å²) >= 11 is 0. The number of pyridine rings is 2. The Labute approximate surface area is 222 Å². The Morgan fingerprint density at radius 1 is 1.15 bits per heavy atom. The van der Waals surface area contributed by atoms with Gasteiger partial charge in [0.05, 0.1) is 22.3 Å². The number of hydrogen-bond donors (Lipinski definition) is 2. The topological polar surface area (TPSA) is 133 Å². The fourth-order valence-electron chi connectivity index (χ4n) is 4.33. The number of nitrogens with two attached hydrogens (primary N) is 1. The molecule has 39 heavy (non-hydrogen) atoms. The summed E-state index contributed by atoms with van der Waals surface area (Å²) in [5.41, 5.74) is 3.83. The molecular weight excluding hydrogens is 508 g/mol. The van der Waals surface area contributed by atoms with E-state index in [1.165, 1.54) is 12.1 Å². The highest BCUT2D eigenvalue weighted by molar-refractivity contribution is 5.83. The molecule has 9 nitrogen and oxygen atoms in total. The first-order valence-electron chi connectivity index (χ1n) is 12.4. The first kappa shape index (κ1) is 27.6. The second kappa shape index (κ2) is 10.4. The molecule has 0 bridgehead atoms. The van der Waals surface area contributed by atoms with Gasteiger partial charge in [-0.25, -0.2) is 23.1 Å². The van der Waals surface area contributed by atoms with Crippen molar-refractivity contribution in [1.29, 1.82) is 0 Å². The van der Waals surface area contributed by atoms with Crippen LogP contribution in [0.15, 0.2) is 46.1 Å². The number of nitrogens with one attached hydrogen (secondary N) is 1. The van der Waals surface area contributed by atoms with Gasteiger partial charge in [-0.1, -0.05) is 19.9 Å². The van der Waals surface area contributed by atoms with E-state index in [1.54, 1.807) is 33.0 Å². The number of halogens is 2. The van der Waals surface area contributed by atoms with E-state index >= 15 is 4.39 Å². The van der Waals surface area contributed by atoms with Crippen LogP contribution in [-0.4, -0.2) is 31.1 Å². The quantitative estimate of drug-likeness (QED) is 0.275. The molecule has 0 aliphatic carbocycles. The van der Waals surface area contributed by atoms with Gasteiger partial charge >= 0.3 is 11.7 Å². The fraction of sp³-hybridized carbons (Fsp3) is 0.321. The molecule has 0 unspecified atom stereocenters. The molecule has 0 fully saturated rings. The number of hydrogen-bond acceptors (Lipinski definition) is 7. The van der Waals surface area contributed by atoms with Crippen molar-refractivity contribution in [1.82, 2.24) is 19.5 Å². The Balaban J connectivity index is 2.01. The molecule has 0 atom stereocenters. The molecule has 0 radical (unpaired) electrons. The SMILES string of the molecule is CC(C)c1nccc(CCC(=O)OC(C)(C)C)c1-n1c(=O)[nH]c(=O)c2cc(F)c(-c3c(N)cccc3F)nc21. The monoisotopic (exact) mass is 537 g/mol. The standard InChI is InChI=1S/C28H29F2N5O4/c1-14(2)22-24(15(11-12-32-22)9-10-20(36)39-28(3,4)5)35-25-16(26(37)34-27(35)38)13-18(30)23(33-25)21-17(29)7-6-8-19(21)31/h6-8,11-14H,9-10,31H2,1-5H3,(H,34,37,38). The van der Waals surface area contributed by atoms with Crippen LogP contribution in [-0.2, 0) is 16.0 Å². The van der Waals surface area contributed by atoms with Crippen molar-refractivity contribution >= 4 is 22.7 Å². The van der Waals surface area contributed by atoms with Gasteiger partial charge in [0.15, 0.2) is 11.5 Å². The molecule has 1 aromatic carbocycles. The zero-order valence-electron chi connectivity index (χ0n) is 22.3. The van der Waals surface area contributed by atoms with E-state index in [1.807, 2.05) is 13.8 Å². The zero-order valence-corrected chi connectivity index (χ0v) is 22.3. The molecule has 3 aromatic heterocycles. The fourth-order valence-corrected chi connectivity index (χ4v) is 4.33. The number of nitrogens with zero attached hydrogens (tertiary/aromatic N) is 3. The van der Waals surface area contributed by atoms with Crippen molar-refractivity contribution in [2.24, 2.45) is 0 Å². The summed E-state index contributed by atoms with van der Waals surface area (Å²) in [5, 5.41) is -0.234. The third-order valence-corrected chi connectivity index (χ3v) is 5.94. The summed E-state index contributed by atoms with van der Waals surface area (Å²) in [6, 6.07) is 6.41. The highest BCUT2D eigenvalue weighted by atomic mass is 19.1. The summed E-state index contributed by atoms with van der Waals surface area (Å²) in [4.78, 5) is 49.4. The minimum atomic E-state index is -0.990. The highest BCUT2D eigenvalue weighted by Gasteiger charge is 2.24. The average Bonchev–Trinajstić information content (AvgIpc) is 2.82. The van der Waals surface area contributed by atoms with Gasteiger partial charge in [0.1, 0.15) is 17.1 Å². The Kier molecular flexibility index (Phi) is 7.36. The molecule has 3 N–H and O–H groups in total. The van der Waals surface area contributed by atoms with Gasteiger partial charge in [-0.05, 0) is 62.9 Å². The molecule has 0 saturated heterocycles. The second-order valence-corrected chi connectivity index (χ2v) is 10.4. The Morgan fingerprint density at radius 2 is 1.87 bits per heavy atom.